The van der Waals surface area contributed by atoms with Gasteiger partial charge in [-0.05, 0) is 11.5 Å². The zero-order valence-electron chi connectivity index (χ0n) is 10.1. The van der Waals surface area contributed by atoms with E-state index in [4.69, 9.17) is 0 Å². The van der Waals surface area contributed by atoms with Crippen molar-refractivity contribution in [2.45, 2.75) is 13.3 Å². The van der Waals surface area contributed by atoms with Gasteiger partial charge in [0.25, 0.3) is 0 Å². The van der Waals surface area contributed by atoms with E-state index < -0.39 is 0 Å². The second kappa shape index (κ2) is 5.18. The fraction of sp³-hybridized carbons (Fsp3) is 0.231. The number of methoxy groups -OCH3 is 1. The van der Waals surface area contributed by atoms with E-state index in [-0.39, 0.29) is 18.3 Å². The van der Waals surface area contributed by atoms with Crippen LogP contribution in [0.5, 0.6) is 0 Å². The summed E-state index contributed by atoms with van der Waals surface area (Å²) in [6.45, 7) is 1.45. The highest BCUT2D eigenvalue weighted by atomic mass is 32.1. The maximum absolute atomic E-state index is 11.4. The standard InChI is InChI=1S/C13H13NO3S/c1-8(15)14-13-10(7-12(16)17-2)9-5-3-4-6-11(9)18-13/h3-6H,7H2,1-2H3,(H,14,15). The zero-order valence-corrected chi connectivity index (χ0v) is 11.0. The number of rotatable bonds is 3. The molecule has 2 rings (SSSR count). The Hall–Kier alpha value is -1.88. The topological polar surface area (TPSA) is 55.4 Å². The quantitative estimate of drug-likeness (QED) is 0.866. The molecule has 0 spiro atoms. The Labute approximate surface area is 109 Å². The molecule has 0 fully saturated rings. The maximum Gasteiger partial charge on any atom is 0.310 e. The number of thiophene rings is 1. The third-order valence-corrected chi connectivity index (χ3v) is 3.67. The van der Waals surface area contributed by atoms with Gasteiger partial charge in [0.15, 0.2) is 0 Å². The summed E-state index contributed by atoms with van der Waals surface area (Å²) >= 11 is 1.46. The first-order valence-corrected chi connectivity index (χ1v) is 6.28. The summed E-state index contributed by atoms with van der Waals surface area (Å²) in [6.07, 6.45) is 0.163. The van der Waals surface area contributed by atoms with Gasteiger partial charge in [-0.25, -0.2) is 0 Å². The molecule has 0 unspecified atom stereocenters. The van der Waals surface area contributed by atoms with Gasteiger partial charge in [-0.1, -0.05) is 18.2 Å². The van der Waals surface area contributed by atoms with Crippen molar-refractivity contribution in [3.05, 3.63) is 29.8 Å². The van der Waals surface area contributed by atoms with Crippen molar-refractivity contribution in [3.63, 3.8) is 0 Å². The molecular weight excluding hydrogens is 250 g/mol. The van der Waals surface area contributed by atoms with Gasteiger partial charge in [0.05, 0.1) is 18.5 Å². The first-order valence-electron chi connectivity index (χ1n) is 5.46. The Bertz CT molecular complexity index is 603. The van der Waals surface area contributed by atoms with E-state index in [0.717, 1.165) is 15.6 Å². The first kappa shape index (κ1) is 12.6. The van der Waals surface area contributed by atoms with Crippen LogP contribution in [0.2, 0.25) is 0 Å². The first-order chi connectivity index (χ1) is 8.61. The van der Waals surface area contributed by atoms with Gasteiger partial charge in [-0.2, -0.15) is 0 Å². The van der Waals surface area contributed by atoms with Gasteiger partial charge >= 0.3 is 5.97 Å². The molecule has 0 radical (unpaired) electrons. The highest BCUT2D eigenvalue weighted by Gasteiger charge is 2.16. The number of esters is 1. The Morgan fingerprint density at radius 2 is 2.06 bits per heavy atom. The number of nitrogens with one attached hydrogen (secondary N) is 1. The summed E-state index contributed by atoms with van der Waals surface area (Å²) in [5.74, 6) is -0.460. The monoisotopic (exact) mass is 263 g/mol. The zero-order chi connectivity index (χ0) is 13.1. The number of anilines is 1. The number of benzene rings is 1. The molecule has 1 heterocycles. The summed E-state index contributed by atoms with van der Waals surface area (Å²) in [4.78, 5) is 22.6. The minimum atomic E-state index is -0.315. The van der Waals surface area contributed by atoms with Gasteiger partial charge in [0.1, 0.15) is 0 Å². The molecule has 0 aliphatic carbocycles. The molecule has 0 bridgehead atoms. The van der Waals surface area contributed by atoms with Gasteiger partial charge in [0.2, 0.25) is 5.91 Å². The summed E-state index contributed by atoms with van der Waals surface area (Å²) in [6, 6.07) is 7.74. The number of carbonyl (C=O) groups excluding carboxylic acids is 2. The molecule has 0 saturated heterocycles. The van der Waals surface area contributed by atoms with Crippen LogP contribution >= 0.6 is 11.3 Å². The molecule has 1 amide bonds. The molecule has 0 aliphatic heterocycles. The average molecular weight is 263 g/mol. The van der Waals surface area contributed by atoms with Crippen LogP contribution in [-0.4, -0.2) is 19.0 Å². The minimum absolute atomic E-state index is 0.146. The fourth-order valence-corrected chi connectivity index (χ4v) is 2.92. The molecule has 0 aliphatic rings. The highest BCUT2D eigenvalue weighted by Crippen LogP contribution is 2.36. The molecule has 1 aromatic heterocycles. The fourth-order valence-electron chi connectivity index (χ4n) is 1.75. The van der Waals surface area contributed by atoms with Crippen molar-refractivity contribution in [2.24, 2.45) is 0 Å². The molecule has 18 heavy (non-hydrogen) atoms. The van der Waals surface area contributed by atoms with E-state index in [2.05, 4.69) is 10.1 Å². The number of hydrogen-bond acceptors (Lipinski definition) is 4. The predicted molar refractivity (Wildman–Crippen MR) is 71.8 cm³/mol. The van der Waals surface area contributed by atoms with Gasteiger partial charge < -0.3 is 10.1 Å². The van der Waals surface area contributed by atoms with Crippen LogP contribution in [0.4, 0.5) is 5.00 Å². The van der Waals surface area contributed by atoms with Crippen LogP contribution in [0.15, 0.2) is 24.3 Å². The van der Waals surface area contributed by atoms with Crippen molar-refractivity contribution in [3.8, 4) is 0 Å². The third kappa shape index (κ3) is 2.51. The summed E-state index contributed by atoms with van der Waals surface area (Å²) < 4.78 is 5.73. The number of ether oxygens (including phenoxy) is 1. The number of hydrogen-bond donors (Lipinski definition) is 1. The Morgan fingerprint density at radius 3 is 2.72 bits per heavy atom. The lowest BCUT2D eigenvalue weighted by Crippen LogP contribution is -2.09. The van der Waals surface area contributed by atoms with Crippen molar-refractivity contribution in [1.29, 1.82) is 0 Å². The highest BCUT2D eigenvalue weighted by molar-refractivity contribution is 7.23. The Kier molecular flexibility index (Phi) is 3.62. The predicted octanol–water partition coefficient (Wildman–Crippen LogP) is 2.58. The smallest absolute Gasteiger partial charge is 0.310 e. The second-order valence-corrected chi connectivity index (χ2v) is 4.89. The second-order valence-electron chi connectivity index (χ2n) is 3.84. The largest absolute Gasteiger partial charge is 0.469 e. The van der Waals surface area contributed by atoms with Gasteiger partial charge in [-0.3, -0.25) is 9.59 Å². The molecule has 2 aromatic rings. The van der Waals surface area contributed by atoms with E-state index in [9.17, 15) is 9.59 Å². The third-order valence-electron chi connectivity index (χ3n) is 2.54. The SMILES string of the molecule is COC(=O)Cc1c(NC(C)=O)sc2ccccc12. The number of amides is 1. The van der Waals surface area contributed by atoms with Gasteiger partial charge in [-0.15, -0.1) is 11.3 Å². The van der Waals surface area contributed by atoms with Crippen LogP contribution in [0.25, 0.3) is 10.1 Å². The molecule has 0 atom stereocenters. The van der Waals surface area contributed by atoms with E-state index in [1.807, 2.05) is 24.3 Å². The van der Waals surface area contributed by atoms with E-state index >= 15 is 0 Å². The van der Waals surface area contributed by atoms with Crippen molar-refractivity contribution in [2.75, 3.05) is 12.4 Å². The van der Waals surface area contributed by atoms with Crippen LogP contribution in [0, 0.1) is 0 Å². The normalized spacial score (nSPS) is 10.3. The van der Waals surface area contributed by atoms with Crippen molar-refractivity contribution < 1.29 is 14.3 Å². The molecule has 94 valence electrons. The summed E-state index contributed by atoms with van der Waals surface area (Å²) in [7, 11) is 1.36. The lowest BCUT2D eigenvalue weighted by molar-refractivity contribution is -0.139. The lowest BCUT2D eigenvalue weighted by atomic mass is 10.1. The van der Waals surface area contributed by atoms with Gasteiger partial charge in [0, 0.05) is 17.2 Å². The number of fused-ring (bicyclic) bond motifs is 1. The number of carbonyl (C=O) groups is 2. The molecule has 5 heteroatoms. The summed E-state index contributed by atoms with van der Waals surface area (Å²) in [5.41, 5.74) is 0.817. The van der Waals surface area contributed by atoms with Crippen LogP contribution in [-0.2, 0) is 20.7 Å². The van der Waals surface area contributed by atoms with Crippen LogP contribution < -0.4 is 5.32 Å². The minimum Gasteiger partial charge on any atom is -0.469 e. The van der Waals surface area contributed by atoms with Crippen LogP contribution in [0.1, 0.15) is 12.5 Å². The van der Waals surface area contributed by atoms with Crippen molar-refractivity contribution >= 4 is 38.3 Å². The van der Waals surface area contributed by atoms with Crippen LogP contribution in [0.3, 0.4) is 0 Å². The average Bonchev–Trinajstić information content (AvgIpc) is 2.66. The van der Waals surface area contributed by atoms with E-state index in [0.29, 0.717) is 5.00 Å². The summed E-state index contributed by atoms with van der Waals surface area (Å²) in [5, 5.41) is 4.46. The Morgan fingerprint density at radius 1 is 1.33 bits per heavy atom. The van der Waals surface area contributed by atoms with Crippen molar-refractivity contribution in [1.82, 2.24) is 0 Å². The Balaban J connectivity index is 2.50. The maximum atomic E-state index is 11.4. The molecule has 1 aromatic carbocycles. The molecule has 1 N–H and O–H groups in total. The van der Waals surface area contributed by atoms with E-state index in [1.165, 1.54) is 25.4 Å². The molecule has 4 nitrogen and oxygen atoms in total. The lowest BCUT2D eigenvalue weighted by Gasteiger charge is -2.03. The molecule has 0 saturated carbocycles. The molecular formula is C13H13NO3S. The van der Waals surface area contributed by atoms with E-state index in [1.54, 1.807) is 0 Å².